The summed E-state index contributed by atoms with van der Waals surface area (Å²) in [5.74, 6) is 0. The van der Waals surface area contributed by atoms with Crippen molar-refractivity contribution in [1.82, 2.24) is 4.98 Å². The molecule has 0 amide bonds. The van der Waals surface area contributed by atoms with E-state index in [0.717, 1.165) is 11.4 Å². The van der Waals surface area contributed by atoms with Gasteiger partial charge in [0.15, 0.2) is 0 Å². The average molecular weight is 297 g/mol. The zero-order valence-corrected chi connectivity index (χ0v) is 14.2. The number of aryl methyl sites for hydroxylation is 1. The third-order valence-corrected chi connectivity index (χ3v) is 4.92. The lowest BCUT2D eigenvalue weighted by Gasteiger charge is -2.08. The van der Waals surface area contributed by atoms with Crippen LogP contribution >= 0.6 is 11.3 Å². The summed E-state index contributed by atoms with van der Waals surface area (Å²) in [5.41, 5.74) is 6.19. The fraction of sp³-hybridized carbons (Fsp3) is 0.824. The molecule has 0 radical (unpaired) electrons. The van der Waals surface area contributed by atoms with Gasteiger partial charge in [0.2, 0.25) is 0 Å². The fourth-order valence-electron chi connectivity index (χ4n) is 2.54. The van der Waals surface area contributed by atoms with E-state index >= 15 is 0 Å². The summed E-state index contributed by atoms with van der Waals surface area (Å²) in [6.45, 7) is 4.32. The molecular formula is C17H32N2S. The van der Waals surface area contributed by atoms with Gasteiger partial charge in [-0.05, 0) is 13.3 Å². The standard InChI is InChI=1S/C17H32N2S/c1-3-4-5-6-7-8-9-10-11-12-13-16(18)17-14-19-15(2)20-17/h14,16H,3-13,18H2,1-2H3. The Morgan fingerprint density at radius 2 is 1.55 bits per heavy atom. The molecule has 0 fully saturated rings. The van der Waals surface area contributed by atoms with Crippen LogP contribution in [0.3, 0.4) is 0 Å². The molecule has 0 aliphatic carbocycles. The van der Waals surface area contributed by atoms with Crippen LogP contribution in [0.1, 0.15) is 93.5 Å². The molecule has 1 aromatic heterocycles. The van der Waals surface area contributed by atoms with Crippen LogP contribution in [-0.4, -0.2) is 4.98 Å². The van der Waals surface area contributed by atoms with E-state index in [1.807, 2.05) is 13.1 Å². The molecule has 0 saturated carbocycles. The Kier molecular flexibility index (Phi) is 9.94. The van der Waals surface area contributed by atoms with Gasteiger partial charge in [-0.15, -0.1) is 11.3 Å². The Balaban J connectivity index is 1.89. The van der Waals surface area contributed by atoms with Gasteiger partial charge < -0.3 is 5.73 Å². The van der Waals surface area contributed by atoms with E-state index in [2.05, 4.69) is 11.9 Å². The van der Waals surface area contributed by atoms with Gasteiger partial charge in [0.25, 0.3) is 0 Å². The smallest absolute Gasteiger partial charge is 0.0897 e. The SMILES string of the molecule is CCCCCCCCCCCCC(N)c1cnc(C)s1. The number of hydrogen-bond donors (Lipinski definition) is 1. The van der Waals surface area contributed by atoms with Crippen molar-refractivity contribution < 1.29 is 0 Å². The summed E-state index contributed by atoms with van der Waals surface area (Å²) < 4.78 is 0. The van der Waals surface area contributed by atoms with E-state index in [0.29, 0.717) is 0 Å². The zero-order valence-electron chi connectivity index (χ0n) is 13.4. The molecule has 1 aromatic rings. The number of hydrogen-bond acceptors (Lipinski definition) is 3. The molecule has 0 bridgehead atoms. The summed E-state index contributed by atoms with van der Waals surface area (Å²) in [6.07, 6.45) is 16.9. The third kappa shape index (κ3) is 8.01. The molecule has 1 atom stereocenters. The highest BCUT2D eigenvalue weighted by Gasteiger charge is 2.08. The van der Waals surface area contributed by atoms with Crippen LogP contribution in [0.15, 0.2) is 6.20 Å². The van der Waals surface area contributed by atoms with E-state index in [1.165, 1.54) is 69.1 Å². The highest BCUT2D eigenvalue weighted by atomic mass is 32.1. The normalized spacial score (nSPS) is 12.8. The van der Waals surface area contributed by atoms with Crippen LogP contribution in [0, 0.1) is 6.92 Å². The molecule has 0 spiro atoms. The summed E-state index contributed by atoms with van der Waals surface area (Å²) in [4.78, 5) is 5.52. The summed E-state index contributed by atoms with van der Waals surface area (Å²) in [5, 5.41) is 1.12. The van der Waals surface area contributed by atoms with Gasteiger partial charge in [-0.3, -0.25) is 0 Å². The van der Waals surface area contributed by atoms with Crippen LogP contribution in [0.2, 0.25) is 0 Å². The molecule has 1 unspecified atom stereocenters. The number of thiazole rings is 1. The van der Waals surface area contributed by atoms with Crippen LogP contribution in [0.5, 0.6) is 0 Å². The first-order valence-corrected chi connectivity index (χ1v) is 9.23. The van der Waals surface area contributed by atoms with Crippen LogP contribution in [0.4, 0.5) is 0 Å². The number of unbranched alkanes of at least 4 members (excludes halogenated alkanes) is 9. The van der Waals surface area contributed by atoms with Crippen molar-refractivity contribution in [3.8, 4) is 0 Å². The lowest BCUT2D eigenvalue weighted by molar-refractivity contribution is 0.531. The predicted octanol–water partition coefficient (Wildman–Crippen LogP) is 5.76. The third-order valence-electron chi connectivity index (χ3n) is 3.87. The Hall–Kier alpha value is -0.410. The highest BCUT2D eigenvalue weighted by Crippen LogP contribution is 2.23. The number of nitrogens with zero attached hydrogens (tertiary/aromatic N) is 1. The molecule has 1 heterocycles. The van der Waals surface area contributed by atoms with Crippen LogP contribution in [-0.2, 0) is 0 Å². The second-order valence-corrected chi connectivity index (χ2v) is 7.13. The second-order valence-electron chi connectivity index (χ2n) is 5.86. The van der Waals surface area contributed by atoms with Crippen molar-refractivity contribution >= 4 is 11.3 Å². The molecule has 0 saturated heterocycles. The minimum atomic E-state index is 0.204. The molecule has 0 aromatic carbocycles. The molecule has 3 heteroatoms. The van der Waals surface area contributed by atoms with E-state index in [1.54, 1.807) is 11.3 Å². The maximum atomic E-state index is 6.19. The summed E-state index contributed by atoms with van der Waals surface area (Å²) >= 11 is 1.74. The van der Waals surface area contributed by atoms with E-state index in [4.69, 9.17) is 5.73 Å². The van der Waals surface area contributed by atoms with Crippen LogP contribution in [0.25, 0.3) is 0 Å². The Labute approximate surface area is 129 Å². The van der Waals surface area contributed by atoms with E-state index in [9.17, 15) is 0 Å². The van der Waals surface area contributed by atoms with E-state index < -0.39 is 0 Å². The van der Waals surface area contributed by atoms with E-state index in [-0.39, 0.29) is 6.04 Å². The minimum Gasteiger partial charge on any atom is -0.323 e. The van der Waals surface area contributed by atoms with Gasteiger partial charge in [-0.1, -0.05) is 71.1 Å². The maximum Gasteiger partial charge on any atom is 0.0897 e. The van der Waals surface area contributed by atoms with Gasteiger partial charge in [0.05, 0.1) is 5.01 Å². The summed E-state index contributed by atoms with van der Waals surface area (Å²) in [7, 11) is 0. The molecule has 116 valence electrons. The van der Waals surface area contributed by atoms with Gasteiger partial charge >= 0.3 is 0 Å². The Morgan fingerprint density at radius 3 is 2.05 bits per heavy atom. The number of nitrogens with two attached hydrogens (primary N) is 1. The molecule has 20 heavy (non-hydrogen) atoms. The fourth-order valence-corrected chi connectivity index (χ4v) is 3.36. The Morgan fingerprint density at radius 1 is 1.00 bits per heavy atom. The maximum absolute atomic E-state index is 6.19. The number of rotatable bonds is 12. The zero-order chi connectivity index (χ0) is 14.6. The van der Waals surface area contributed by atoms with Crippen molar-refractivity contribution in [2.45, 2.75) is 90.5 Å². The number of aromatic nitrogens is 1. The predicted molar refractivity (Wildman–Crippen MR) is 90.2 cm³/mol. The quantitative estimate of drug-likeness (QED) is 0.498. The first-order valence-electron chi connectivity index (χ1n) is 8.42. The van der Waals surface area contributed by atoms with Crippen molar-refractivity contribution in [2.24, 2.45) is 5.73 Å². The van der Waals surface area contributed by atoms with Gasteiger partial charge in [0.1, 0.15) is 0 Å². The molecule has 0 aliphatic heterocycles. The van der Waals surface area contributed by atoms with Crippen molar-refractivity contribution in [1.29, 1.82) is 0 Å². The van der Waals surface area contributed by atoms with Gasteiger partial charge in [-0.2, -0.15) is 0 Å². The molecule has 2 N–H and O–H groups in total. The monoisotopic (exact) mass is 296 g/mol. The summed E-state index contributed by atoms with van der Waals surface area (Å²) in [6, 6.07) is 0.204. The van der Waals surface area contributed by atoms with Crippen molar-refractivity contribution in [2.75, 3.05) is 0 Å². The topological polar surface area (TPSA) is 38.9 Å². The molecular weight excluding hydrogens is 264 g/mol. The first-order chi connectivity index (χ1) is 9.74. The van der Waals surface area contributed by atoms with Crippen molar-refractivity contribution in [3.05, 3.63) is 16.1 Å². The minimum absolute atomic E-state index is 0.204. The lowest BCUT2D eigenvalue weighted by Crippen LogP contribution is -2.08. The Bertz CT molecular complexity index is 335. The molecule has 2 nitrogen and oxygen atoms in total. The van der Waals surface area contributed by atoms with Gasteiger partial charge in [-0.25, -0.2) is 4.98 Å². The molecule has 0 aliphatic rings. The lowest BCUT2D eigenvalue weighted by atomic mass is 10.0. The van der Waals surface area contributed by atoms with Crippen LogP contribution < -0.4 is 5.73 Å². The average Bonchev–Trinajstić information content (AvgIpc) is 2.87. The largest absolute Gasteiger partial charge is 0.323 e. The first kappa shape index (κ1) is 17.6. The second kappa shape index (κ2) is 11.3. The molecule has 1 rings (SSSR count). The highest BCUT2D eigenvalue weighted by molar-refractivity contribution is 7.11. The van der Waals surface area contributed by atoms with Gasteiger partial charge in [0, 0.05) is 17.1 Å². The van der Waals surface area contributed by atoms with Crippen molar-refractivity contribution in [3.63, 3.8) is 0 Å².